The molecule has 1 fully saturated rings. The van der Waals surface area contributed by atoms with Gasteiger partial charge in [-0.05, 0) is 55.7 Å². The largest absolute Gasteiger partial charge is 0.331 e. The van der Waals surface area contributed by atoms with E-state index >= 15 is 0 Å². The molecule has 154 valence electrons. The van der Waals surface area contributed by atoms with Gasteiger partial charge in [-0.2, -0.15) is 0 Å². The normalized spacial score (nSPS) is 14.7. The Hall–Kier alpha value is -2.71. The summed E-state index contributed by atoms with van der Waals surface area (Å²) in [5, 5.41) is 0. The molecule has 0 saturated carbocycles. The number of nitrogens with zero attached hydrogens (tertiary/aromatic N) is 3. The molecule has 8 heteroatoms. The molecule has 1 aliphatic rings. The molecule has 1 saturated heterocycles. The first-order valence-electron chi connectivity index (χ1n) is 9.53. The number of urea groups is 1. The zero-order chi connectivity index (χ0) is 21.0. The predicted molar refractivity (Wildman–Crippen MR) is 111 cm³/mol. The second-order valence-corrected chi connectivity index (χ2v) is 9.27. The van der Waals surface area contributed by atoms with Gasteiger partial charge >= 0.3 is 6.03 Å². The van der Waals surface area contributed by atoms with E-state index < -0.39 is 15.9 Å². The number of rotatable bonds is 4. The number of hydrogen-bond donors (Lipinski definition) is 0. The van der Waals surface area contributed by atoms with Crippen LogP contribution in [0, 0.1) is 0 Å². The number of imide groups is 1. The fourth-order valence-electron chi connectivity index (χ4n) is 3.23. The van der Waals surface area contributed by atoms with Crippen molar-refractivity contribution in [2.75, 3.05) is 32.1 Å². The number of para-hydroxylation sites is 1. The molecule has 1 aliphatic heterocycles. The molecular weight excluding hydrogens is 390 g/mol. The van der Waals surface area contributed by atoms with Crippen LogP contribution in [0.25, 0.3) is 0 Å². The fraction of sp³-hybridized carbons (Fsp3) is 0.333. The van der Waals surface area contributed by atoms with Gasteiger partial charge < -0.3 is 4.90 Å². The third-order valence-corrected chi connectivity index (χ3v) is 6.74. The third kappa shape index (κ3) is 4.49. The molecular formula is C21H25N3O4S. The molecule has 2 aromatic rings. The van der Waals surface area contributed by atoms with Crippen LogP contribution in [0.15, 0.2) is 59.5 Å². The number of hydrogen-bond acceptors (Lipinski definition) is 4. The van der Waals surface area contributed by atoms with E-state index in [9.17, 15) is 18.0 Å². The van der Waals surface area contributed by atoms with Crippen LogP contribution in [0.1, 0.15) is 29.6 Å². The van der Waals surface area contributed by atoms with Crippen LogP contribution in [0.2, 0.25) is 0 Å². The lowest BCUT2D eigenvalue weighted by Crippen LogP contribution is -2.48. The molecule has 0 bridgehead atoms. The Morgan fingerprint density at radius 3 is 2.00 bits per heavy atom. The number of anilines is 1. The molecule has 0 radical (unpaired) electrons. The number of benzene rings is 2. The summed E-state index contributed by atoms with van der Waals surface area (Å²) in [5.41, 5.74) is 0.731. The number of piperidine rings is 1. The van der Waals surface area contributed by atoms with E-state index in [1.54, 1.807) is 29.2 Å². The van der Waals surface area contributed by atoms with E-state index in [-0.39, 0.29) is 16.5 Å². The minimum atomic E-state index is -3.59. The number of carbonyl (C=O) groups excluding carboxylic acids is 2. The Kier molecular flexibility index (Phi) is 6.34. The number of amides is 3. The van der Waals surface area contributed by atoms with E-state index in [0.29, 0.717) is 18.8 Å². The van der Waals surface area contributed by atoms with E-state index in [1.807, 2.05) is 6.07 Å². The number of likely N-dealkylation sites (tertiary alicyclic amines) is 1. The zero-order valence-corrected chi connectivity index (χ0v) is 17.4. The highest BCUT2D eigenvalue weighted by molar-refractivity contribution is 7.89. The Bertz CT molecular complexity index is 967. The zero-order valence-electron chi connectivity index (χ0n) is 16.6. The topological polar surface area (TPSA) is 78.0 Å². The average molecular weight is 416 g/mol. The van der Waals surface area contributed by atoms with E-state index in [0.717, 1.165) is 23.6 Å². The van der Waals surface area contributed by atoms with Crippen molar-refractivity contribution >= 4 is 27.6 Å². The van der Waals surface area contributed by atoms with Gasteiger partial charge in [0.1, 0.15) is 0 Å². The van der Waals surface area contributed by atoms with Crippen LogP contribution in [0.5, 0.6) is 0 Å². The summed E-state index contributed by atoms with van der Waals surface area (Å²) < 4.78 is 25.6. The molecule has 3 rings (SSSR count). The maximum Gasteiger partial charge on any atom is 0.331 e. The number of carbonyl (C=O) groups is 2. The van der Waals surface area contributed by atoms with E-state index in [4.69, 9.17) is 0 Å². The molecule has 0 aliphatic carbocycles. The summed E-state index contributed by atoms with van der Waals surface area (Å²) in [7, 11) is -0.697. The monoisotopic (exact) mass is 415 g/mol. The number of sulfonamides is 1. The van der Waals surface area contributed by atoms with Crippen LogP contribution in [0.3, 0.4) is 0 Å². The van der Waals surface area contributed by atoms with Crippen LogP contribution < -0.4 is 4.90 Å². The van der Waals surface area contributed by atoms with E-state index in [1.165, 1.54) is 43.3 Å². The minimum absolute atomic E-state index is 0.0904. The van der Waals surface area contributed by atoms with Crippen LogP contribution >= 0.6 is 0 Å². The van der Waals surface area contributed by atoms with Crippen molar-refractivity contribution in [2.24, 2.45) is 0 Å². The van der Waals surface area contributed by atoms with Gasteiger partial charge in [0.05, 0.1) is 10.6 Å². The highest BCUT2D eigenvalue weighted by Crippen LogP contribution is 2.22. The summed E-state index contributed by atoms with van der Waals surface area (Å²) in [4.78, 5) is 29.4. The molecule has 1 heterocycles. The molecule has 0 atom stereocenters. The van der Waals surface area contributed by atoms with Gasteiger partial charge in [-0.1, -0.05) is 18.2 Å². The average Bonchev–Trinajstić information content (AvgIpc) is 2.75. The highest BCUT2D eigenvalue weighted by atomic mass is 32.2. The lowest BCUT2D eigenvalue weighted by atomic mass is 10.1. The molecule has 7 nitrogen and oxygen atoms in total. The van der Waals surface area contributed by atoms with Gasteiger partial charge in [0.15, 0.2) is 0 Å². The molecule has 3 amide bonds. The minimum Gasteiger partial charge on any atom is -0.324 e. The smallest absolute Gasteiger partial charge is 0.324 e. The van der Waals surface area contributed by atoms with E-state index in [2.05, 4.69) is 0 Å². The SMILES string of the molecule is CN(C)S(=O)(=O)c1ccc(C(=O)N(C(=O)N2CCCCC2)c2ccccc2)cc1. The molecule has 0 unspecified atom stereocenters. The van der Waals surface area contributed by atoms with Crippen molar-refractivity contribution in [3.05, 3.63) is 60.2 Å². The molecule has 0 aromatic heterocycles. The third-order valence-electron chi connectivity index (χ3n) is 4.92. The standard InChI is InChI=1S/C21H25N3O4S/c1-22(2)29(27,28)19-13-11-17(12-14-19)20(25)24(18-9-5-3-6-10-18)21(26)23-15-7-4-8-16-23/h3,5-6,9-14H,4,7-8,15-16H2,1-2H3. The summed E-state index contributed by atoms with van der Waals surface area (Å²) in [6.45, 7) is 1.24. The summed E-state index contributed by atoms with van der Waals surface area (Å²) >= 11 is 0. The van der Waals surface area contributed by atoms with Crippen molar-refractivity contribution in [3.8, 4) is 0 Å². The Morgan fingerprint density at radius 1 is 0.862 bits per heavy atom. The lowest BCUT2D eigenvalue weighted by Gasteiger charge is -2.32. The summed E-state index contributed by atoms with van der Waals surface area (Å²) in [5.74, 6) is -0.486. The second-order valence-electron chi connectivity index (χ2n) is 7.12. The van der Waals surface area contributed by atoms with Crippen molar-refractivity contribution < 1.29 is 18.0 Å². The Morgan fingerprint density at radius 2 is 1.45 bits per heavy atom. The van der Waals surface area contributed by atoms with Gasteiger partial charge in [0, 0.05) is 32.7 Å². The van der Waals surface area contributed by atoms with Crippen molar-refractivity contribution in [1.29, 1.82) is 0 Å². The van der Waals surface area contributed by atoms with Crippen LogP contribution in [0.4, 0.5) is 10.5 Å². The lowest BCUT2D eigenvalue weighted by molar-refractivity contribution is 0.0983. The molecule has 0 spiro atoms. The molecule has 0 N–H and O–H groups in total. The first-order valence-corrected chi connectivity index (χ1v) is 11.0. The second kappa shape index (κ2) is 8.75. The quantitative estimate of drug-likeness (QED) is 0.768. The van der Waals surface area contributed by atoms with Gasteiger partial charge in [-0.25, -0.2) is 22.4 Å². The summed E-state index contributed by atoms with van der Waals surface area (Å²) in [6, 6.07) is 14.1. The van der Waals surface area contributed by atoms with Gasteiger partial charge in [-0.3, -0.25) is 4.79 Å². The van der Waals surface area contributed by atoms with Crippen molar-refractivity contribution in [2.45, 2.75) is 24.2 Å². The maximum atomic E-state index is 13.2. The van der Waals surface area contributed by atoms with Gasteiger partial charge in [0.25, 0.3) is 5.91 Å². The molecule has 2 aromatic carbocycles. The van der Waals surface area contributed by atoms with Gasteiger partial charge in [-0.15, -0.1) is 0 Å². The van der Waals surface area contributed by atoms with Gasteiger partial charge in [0.2, 0.25) is 10.0 Å². The summed E-state index contributed by atoms with van der Waals surface area (Å²) in [6.07, 6.45) is 2.91. The van der Waals surface area contributed by atoms with Crippen LogP contribution in [-0.4, -0.2) is 56.7 Å². The Balaban J connectivity index is 1.93. The predicted octanol–water partition coefficient (Wildman–Crippen LogP) is 3.19. The van der Waals surface area contributed by atoms with Crippen molar-refractivity contribution in [1.82, 2.24) is 9.21 Å². The van der Waals surface area contributed by atoms with Crippen LogP contribution in [-0.2, 0) is 10.0 Å². The Labute approximate surface area is 171 Å². The first kappa shape index (κ1) is 21.0. The maximum absolute atomic E-state index is 13.2. The fourth-order valence-corrected chi connectivity index (χ4v) is 4.13. The molecule has 29 heavy (non-hydrogen) atoms. The highest BCUT2D eigenvalue weighted by Gasteiger charge is 2.30. The van der Waals surface area contributed by atoms with Crippen molar-refractivity contribution in [3.63, 3.8) is 0 Å². The first-order chi connectivity index (χ1) is 13.8.